The zero-order valence-electron chi connectivity index (χ0n) is 13.0. The van der Waals surface area contributed by atoms with Crippen LogP contribution in [0, 0.1) is 0 Å². The SMILES string of the molecule is CCOc1cccc2c1C(=O)c1c(OCC)cc(N)cc1C2=O. The van der Waals surface area contributed by atoms with E-state index in [2.05, 4.69) is 0 Å². The molecule has 0 unspecified atom stereocenters. The lowest BCUT2D eigenvalue weighted by Gasteiger charge is -2.22. The lowest BCUT2D eigenvalue weighted by atomic mass is 9.83. The molecule has 0 radical (unpaired) electrons. The summed E-state index contributed by atoms with van der Waals surface area (Å²) in [5, 5.41) is 0. The van der Waals surface area contributed by atoms with Crippen LogP contribution < -0.4 is 15.2 Å². The summed E-state index contributed by atoms with van der Waals surface area (Å²) in [6.07, 6.45) is 0. The number of fused-ring (bicyclic) bond motifs is 2. The van der Waals surface area contributed by atoms with Gasteiger partial charge in [0.15, 0.2) is 5.78 Å². The highest BCUT2D eigenvalue weighted by Gasteiger charge is 2.35. The van der Waals surface area contributed by atoms with Crippen molar-refractivity contribution in [3.63, 3.8) is 0 Å². The topological polar surface area (TPSA) is 78.6 Å². The molecular formula is C18H17NO4. The van der Waals surface area contributed by atoms with E-state index in [-0.39, 0.29) is 28.3 Å². The molecule has 3 rings (SSSR count). The van der Waals surface area contributed by atoms with Crippen LogP contribution in [0.5, 0.6) is 11.5 Å². The maximum Gasteiger partial charge on any atom is 0.201 e. The molecule has 0 amide bonds. The van der Waals surface area contributed by atoms with E-state index in [1.807, 2.05) is 13.8 Å². The third kappa shape index (κ3) is 2.34. The Hall–Kier alpha value is -2.82. The van der Waals surface area contributed by atoms with Crippen molar-refractivity contribution in [2.24, 2.45) is 0 Å². The Kier molecular flexibility index (Phi) is 3.78. The van der Waals surface area contributed by atoms with Crippen LogP contribution in [0.4, 0.5) is 5.69 Å². The van der Waals surface area contributed by atoms with Gasteiger partial charge >= 0.3 is 0 Å². The van der Waals surface area contributed by atoms with Gasteiger partial charge in [-0.2, -0.15) is 0 Å². The van der Waals surface area contributed by atoms with Crippen LogP contribution in [0.15, 0.2) is 30.3 Å². The molecule has 5 heteroatoms. The number of rotatable bonds is 4. The van der Waals surface area contributed by atoms with Crippen molar-refractivity contribution < 1.29 is 19.1 Å². The Morgan fingerprint density at radius 3 is 2.22 bits per heavy atom. The molecule has 0 bridgehead atoms. The lowest BCUT2D eigenvalue weighted by Crippen LogP contribution is -2.23. The highest BCUT2D eigenvalue weighted by Crippen LogP contribution is 2.38. The van der Waals surface area contributed by atoms with E-state index in [9.17, 15) is 9.59 Å². The molecule has 2 aromatic rings. The van der Waals surface area contributed by atoms with Crippen LogP contribution in [0.25, 0.3) is 0 Å². The number of nitrogens with two attached hydrogens (primary N) is 1. The highest BCUT2D eigenvalue weighted by molar-refractivity contribution is 6.30. The third-order valence-corrected chi connectivity index (χ3v) is 3.69. The molecule has 1 aliphatic rings. The molecule has 2 aromatic carbocycles. The number of carbonyl (C=O) groups excluding carboxylic acids is 2. The van der Waals surface area contributed by atoms with E-state index < -0.39 is 0 Å². The minimum absolute atomic E-state index is 0.246. The monoisotopic (exact) mass is 311 g/mol. The number of benzene rings is 2. The predicted molar refractivity (Wildman–Crippen MR) is 86.5 cm³/mol. The fraction of sp³-hybridized carbons (Fsp3) is 0.222. The predicted octanol–water partition coefficient (Wildman–Crippen LogP) is 2.84. The molecule has 0 aromatic heterocycles. The molecule has 1 aliphatic carbocycles. The van der Waals surface area contributed by atoms with Crippen LogP contribution in [0.1, 0.15) is 45.7 Å². The number of ketones is 2. The second kappa shape index (κ2) is 5.76. The molecule has 0 spiro atoms. The Labute approximate surface area is 134 Å². The van der Waals surface area contributed by atoms with Gasteiger partial charge in [-0.15, -0.1) is 0 Å². The van der Waals surface area contributed by atoms with Gasteiger partial charge < -0.3 is 15.2 Å². The summed E-state index contributed by atoms with van der Waals surface area (Å²) in [7, 11) is 0. The molecule has 0 aliphatic heterocycles. The zero-order chi connectivity index (χ0) is 16.6. The minimum atomic E-state index is -0.276. The van der Waals surface area contributed by atoms with Crippen molar-refractivity contribution >= 4 is 17.3 Å². The van der Waals surface area contributed by atoms with Gasteiger partial charge in [-0.1, -0.05) is 12.1 Å². The van der Waals surface area contributed by atoms with Crippen LogP contribution in [0.3, 0.4) is 0 Å². The maximum atomic E-state index is 13.0. The highest BCUT2D eigenvalue weighted by atomic mass is 16.5. The van der Waals surface area contributed by atoms with E-state index in [1.165, 1.54) is 6.07 Å². The summed E-state index contributed by atoms with van der Waals surface area (Å²) < 4.78 is 11.0. The first kappa shape index (κ1) is 15.1. The number of hydrogen-bond acceptors (Lipinski definition) is 5. The Morgan fingerprint density at radius 1 is 0.870 bits per heavy atom. The Bertz CT molecular complexity index is 811. The first-order valence-electron chi connectivity index (χ1n) is 7.50. The smallest absolute Gasteiger partial charge is 0.201 e. The van der Waals surface area contributed by atoms with E-state index >= 15 is 0 Å². The quantitative estimate of drug-likeness (QED) is 0.750. The molecule has 0 saturated heterocycles. The summed E-state index contributed by atoms with van der Waals surface area (Å²) in [5.74, 6) is 0.220. The third-order valence-electron chi connectivity index (χ3n) is 3.69. The standard InChI is InChI=1S/C18H17NO4/c1-3-22-13-7-5-6-11-15(13)18(21)16-12(17(11)20)8-10(19)9-14(16)23-4-2/h5-9H,3-4,19H2,1-2H3. The van der Waals surface area contributed by atoms with E-state index in [1.54, 1.807) is 24.3 Å². The van der Waals surface area contributed by atoms with E-state index in [4.69, 9.17) is 15.2 Å². The van der Waals surface area contributed by atoms with Crippen molar-refractivity contribution in [3.8, 4) is 11.5 Å². The molecule has 2 N–H and O–H groups in total. The number of hydrogen-bond donors (Lipinski definition) is 1. The Morgan fingerprint density at radius 2 is 1.52 bits per heavy atom. The number of anilines is 1. The molecule has 0 atom stereocenters. The van der Waals surface area contributed by atoms with Crippen molar-refractivity contribution in [3.05, 3.63) is 52.6 Å². The van der Waals surface area contributed by atoms with Gasteiger partial charge in [-0.25, -0.2) is 0 Å². The van der Waals surface area contributed by atoms with Crippen molar-refractivity contribution in [1.29, 1.82) is 0 Å². The summed E-state index contributed by atoms with van der Waals surface area (Å²) in [5.41, 5.74) is 7.39. The second-order valence-corrected chi connectivity index (χ2v) is 5.14. The van der Waals surface area contributed by atoms with Crippen molar-refractivity contribution in [2.75, 3.05) is 18.9 Å². The summed E-state index contributed by atoms with van der Waals surface area (Å²) >= 11 is 0. The largest absolute Gasteiger partial charge is 0.493 e. The molecular weight excluding hydrogens is 294 g/mol. The van der Waals surface area contributed by atoms with E-state index in [0.29, 0.717) is 36.0 Å². The summed E-state index contributed by atoms with van der Waals surface area (Å²) in [6, 6.07) is 8.12. The van der Waals surface area contributed by atoms with Crippen LogP contribution in [0.2, 0.25) is 0 Å². The second-order valence-electron chi connectivity index (χ2n) is 5.14. The van der Waals surface area contributed by atoms with Gasteiger partial charge in [0.25, 0.3) is 0 Å². The summed E-state index contributed by atoms with van der Waals surface area (Å²) in [4.78, 5) is 25.8. The molecule has 0 saturated carbocycles. The summed E-state index contributed by atoms with van der Waals surface area (Å²) in [6.45, 7) is 4.42. The van der Waals surface area contributed by atoms with Gasteiger partial charge in [-0.05, 0) is 26.0 Å². The van der Waals surface area contributed by atoms with Gasteiger partial charge in [-0.3, -0.25) is 9.59 Å². The van der Waals surface area contributed by atoms with E-state index in [0.717, 1.165) is 0 Å². The molecule has 23 heavy (non-hydrogen) atoms. The number of nitrogen functional groups attached to an aromatic ring is 1. The maximum absolute atomic E-state index is 13.0. The molecule has 5 nitrogen and oxygen atoms in total. The molecule has 118 valence electrons. The van der Waals surface area contributed by atoms with Crippen LogP contribution in [-0.4, -0.2) is 24.8 Å². The fourth-order valence-corrected chi connectivity index (χ4v) is 2.82. The fourth-order valence-electron chi connectivity index (χ4n) is 2.82. The lowest BCUT2D eigenvalue weighted by molar-refractivity contribution is 0.0972. The normalized spacial score (nSPS) is 12.6. The van der Waals surface area contributed by atoms with Crippen LogP contribution in [-0.2, 0) is 0 Å². The number of ether oxygens (including phenoxy) is 2. The van der Waals surface area contributed by atoms with Crippen molar-refractivity contribution in [1.82, 2.24) is 0 Å². The van der Waals surface area contributed by atoms with Gasteiger partial charge in [0.2, 0.25) is 5.78 Å². The van der Waals surface area contributed by atoms with Gasteiger partial charge in [0, 0.05) is 22.9 Å². The first-order chi connectivity index (χ1) is 11.1. The molecule has 0 fully saturated rings. The Balaban J connectivity index is 2.27. The minimum Gasteiger partial charge on any atom is -0.493 e. The van der Waals surface area contributed by atoms with Crippen molar-refractivity contribution in [2.45, 2.75) is 13.8 Å². The van der Waals surface area contributed by atoms with Crippen LogP contribution >= 0.6 is 0 Å². The zero-order valence-corrected chi connectivity index (χ0v) is 13.0. The van der Waals surface area contributed by atoms with Gasteiger partial charge in [0.05, 0.1) is 24.3 Å². The number of carbonyl (C=O) groups is 2. The molecule has 0 heterocycles. The average molecular weight is 311 g/mol. The average Bonchev–Trinajstić information content (AvgIpc) is 2.52. The van der Waals surface area contributed by atoms with Gasteiger partial charge in [0.1, 0.15) is 11.5 Å². The first-order valence-corrected chi connectivity index (χ1v) is 7.50.